The molecule has 0 unspecified atom stereocenters. The number of rotatable bonds is 2. The van der Waals surface area contributed by atoms with Crippen LogP contribution in [-0.4, -0.2) is 11.7 Å². The molecule has 0 atom stereocenters. The first-order chi connectivity index (χ1) is 9.86. The van der Waals surface area contributed by atoms with Crippen LogP contribution in [-0.2, 0) is 13.0 Å². The number of fused-ring (bicyclic) bond motifs is 3. The zero-order chi connectivity index (χ0) is 13.5. The summed E-state index contributed by atoms with van der Waals surface area (Å²) < 4.78 is 7.71. The predicted octanol–water partition coefficient (Wildman–Crippen LogP) is 4.45. The molecular formula is C17H15NOS. The Kier molecular flexibility index (Phi) is 2.67. The molecule has 3 heteroatoms. The summed E-state index contributed by atoms with van der Waals surface area (Å²) in [6.07, 6.45) is 3.27. The molecule has 0 radical (unpaired) electrons. The maximum atomic E-state index is 5.35. The van der Waals surface area contributed by atoms with E-state index < -0.39 is 0 Å². The molecule has 0 bridgehead atoms. The molecule has 20 heavy (non-hydrogen) atoms. The normalized spacial score (nSPS) is 12.8. The van der Waals surface area contributed by atoms with E-state index in [4.69, 9.17) is 4.74 Å². The lowest BCUT2D eigenvalue weighted by molar-refractivity contribution is 0.414. The Balaban J connectivity index is 1.92. The Morgan fingerprint density at radius 1 is 1.15 bits per heavy atom. The number of aryl methyl sites for hydroxylation is 2. The summed E-state index contributed by atoms with van der Waals surface area (Å²) in [5.74, 6) is 0.946. The highest BCUT2D eigenvalue weighted by Gasteiger charge is 2.20. The fraction of sp³-hybridized carbons (Fsp3) is 0.176. The largest absolute Gasteiger partial charge is 0.497 e. The summed E-state index contributed by atoms with van der Waals surface area (Å²) in [6.45, 7) is 1.04. The van der Waals surface area contributed by atoms with Gasteiger partial charge < -0.3 is 9.30 Å². The summed E-state index contributed by atoms with van der Waals surface area (Å²) in [7, 11) is 1.73. The van der Waals surface area contributed by atoms with Crippen molar-refractivity contribution >= 4 is 11.3 Å². The fourth-order valence-electron chi connectivity index (χ4n) is 2.97. The summed E-state index contributed by atoms with van der Waals surface area (Å²) in [4.78, 5) is 1.34. The molecule has 100 valence electrons. The summed E-state index contributed by atoms with van der Waals surface area (Å²) >= 11 is 1.80. The average Bonchev–Trinajstić information content (AvgIpc) is 3.15. The SMILES string of the molecule is COc1ccc2c(c1)CCn1ccc(-c3cccs3)c1-2. The lowest BCUT2D eigenvalue weighted by Gasteiger charge is -2.21. The first-order valence-electron chi connectivity index (χ1n) is 6.77. The average molecular weight is 281 g/mol. The molecule has 0 N–H and O–H groups in total. The summed E-state index contributed by atoms with van der Waals surface area (Å²) in [6, 6.07) is 13.0. The molecule has 2 aromatic heterocycles. The van der Waals surface area contributed by atoms with Crippen molar-refractivity contribution in [3.05, 3.63) is 53.5 Å². The molecule has 2 nitrogen and oxygen atoms in total. The van der Waals surface area contributed by atoms with Gasteiger partial charge in [0.2, 0.25) is 0 Å². The van der Waals surface area contributed by atoms with Gasteiger partial charge in [-0.3, -0.25) is 0 Å². The van der Waals surface area contributed by atoms with Crippen LogP contribution in [0.4, 0.5) is 0 Å². The fourth-order valence-corrected chi connectivity index (χ4v) is 3.72. The Morgan fingerprint density at radius 3 is 2.90 bits per heavy atom. The molecule has 0 saturated carbocycles. The maximum absolute atomic E-state index is 5.35. The van der Waals surface area contributed by atoms with E-state index in [1.54, 1.807) is 18.4 Å². The number of hydrogen-bond acceptors (Lipinski definition) is 2. The maximum Gasteiger partial charge on any atom is 0.119 e. The highest BCUT2D eigenvalue weighted by atomic mass is 32.1. The number of thiophene rings is 1. The Hall–Kier alpha value is -2.00. The number of hydrogen-bond donors (Lipinski definition) is 0. The first-order valence-corrected chi connectivity index (χ1v) is 7.65. The van der Waals surface area contributed by atoms with Crippen molar-refractivity contribution < 1.29 is 4.74 Å². The van der Waals surface area contributed by atoms with Crippen LogP contribution < -0.4 is 4.74 Å². The molecule has 0 spiro atoms. The molecule has 1 aliphatic heterocycles. The van der Waals surface area contributed by atoms with E-state index >= 15 is 0 Å². The van der Waals surface area contributed by atoms with Gasteiger partial charge >= 0.3 is 0 Å². The third-order valence-electron chi connectivity index (χ3n) is 3.94. The van der Waals surface area contributed by atoms with Gasteiger partial charge in [0.1, 0.15) is 5.75 Å². The molecule has 1 aromatic carbocycles. The summed E-state index contributed by atoms with van der Waals surface area (Å²) in [5.41, 5.74) is 5.40. The van der Waals surface area contributed by atoms with Crippen molar-refractivity contribution in [3.63, 3.8) is 0 Å². The van der Waals surface area contributed by atoms with Gasteiger partial charge in [0.25, 0.3) is 0 Å². The Labute approximate surface area is 122 Å². The predicted molar refractivity (Wildman–Crippen MR) is 83.4 cm³/mol. The second kappa shape index (κ2) is 4.53. The highest BCUT2D eigenvalue weighted by molar-refractivity contribution is 7.13. The topological polar surface area (TPSA) is 14.2 Å². The zero-order valence-corrected chi connectivity index (χ0v) is 12.1. The molecule has 4 rings (SSSR count). The van der Waals surface area contributed by atoms with Crippen molar-refractivity contribution in [2.75, 3.05) is 7.11 Å². The second-order valence-electron chi connectivity index (χ2n) is 5.02. The van der Waals surface area contributed by atoms with Crippen LogP contribution in [0, 0.1) is 0 Å². The number of methoxy groups -OCH3 is 1. The molecule has 0 saturated heterocycles. The molecule has 0 aliphatic carbocycles. The van der Waals surface area contributed by atoms with Crippen LogP contribution in [0.1, 0.15) is 5.56 Å². The van der Waals surface area contributed by atoms with Crippen molar-refractivity contribution in [3.8, 4) is 27.4 Å². The van der Waals surface area contributed by atoms with E-state index in [1.165, 1.54) is 27.3 Å². The van der Waals surface area contributed by atoms with Crippen LogP contribution in [0.5, 0.6) is 5.75 Å². The highest BCUT2D eigenvalue weighted by Crippen LogP contribution is 2.40. The Morgan fingerprint density at radius 2 is 2.10 bits per heavy atom. The molecule has 1 aliphatic rings. The third kappa shape index (κ3) is 1.70. The van der Waals surface area contributed by atoms with Crippen molar-refractivity contribution in [1.29, 1.82) is 0 Å². The monoisotopic (exact) mass is 281 g/mol. The van der Waals surface area contributed by atoms with Crippen LogP contribution in [0.3, 0.4) is 0 Å². The lowest BCUT2D eigenvalue weighted by Crippen LogP contribution is -2.10. The van der Waals surface area contributed by atoms with E-state index in [1.807, 2.05) is 0 Å². The van der Waals surface area contributed by atoms with E-state index in [0.29, 0.717) is 0 Å². The quantitative estimate of drug-likeness (QED) is 0.677. The van der Waals surface area contributed by atoms with E-state index in [2.05, 4.69) is 52.5 Å². The molecule has 3 heterocycles. The molecule has 3 aromatic rings. The zero-order valence-electron chi connectivity index (χ0n) is 11.3. The van der Waals surface area contributed by atoms with Gasteiger partial charge in [-0.15, -0.1) is 11.3 Å². The van der Waals surface area contributed by atoms with Crippen LogP contribution in [0.15, 0.2) is 48.0 Å². The van der Waals surface area contributed by atoms with Crippen LogP contribution in [0.2, 0.25) is 0 Å². The van der Waals surface area contributed by atoms with Crippen LogP contribution in [0.25, 0.3) is 21.7 Å². The minimum Gasteiger partial charge on any atom is -0.497 e. The standard InChI is InChI=1S/C17H15NOS/c1-19-13-4-5-14-12(11-13)6-8-18-9-7-15(17(14)18)16-3-2-10-20-16/h2-5,7,9-11H,6,8H2,1H3. The van der Waals surface area contributed by atoms with Gasteiger partial charge in [-0.1, -0.05) is 6.07 Å². The van der Waals surface area contributed by atoms with Gasteiger partial charge in [0, 0.05) is 28.7 Å². The number of ether oxygens (including phenoxy) is 1. The Bertz CT molecular complexity index is 755. The minimum atomic E-state index is 0.946. The molecule has 0 fully saturated rings. The van der Waals surface area contributed by atoms with Crippen molar-refractivity contribution in [1.82, 2.24) is 4.57 Å². The molecular weight excluding hydrogens is 266 g/mol. The van der Waals surface area contributed by atoms with Gasteiger partial charge in [-0.2, -0.15) is 0 Å². The summed E-state index contributed by atoms with van der Waals surface area (Å²) in [5, 5.41) is 2.14. The van der Waals surface area contributed by atoms with Gasteiger partial charge in [-0.25, -0.2) is 0 Å². The van der Waals surface area contributed by atoms with Crippen molar-refractivity contribution in [2.45, 2.75) is 13.0 Å². The first kappa shape index (κ1) is 11.8. The molecule has 0 amide bonds. The lowest BCUT2D eigenvalue weighted by atomic mass is 9.96. The number of benzene rings is 1. The van der Waals surface area contributed by atoms with Gasteiger partial charge in [0.15, 0.2) is 0 Å². The second-order valence-corrected chi connectivity index (χ2v) is 5.97. The minimum absolute atomic E-state index is 0.946. The van der Waals surface area contributed by atoms with Gasteiger partial charge in [0.05, 0.1) is 12.8 Å². The van der Waals surface area contributed by atoms with Crippen molar-refractivity contribution in [2.24, 2.45) is 0 Å². The van der Waals surface area contributed by atoms with E-state index in [-0.39, 0.29) is 0 Å². The van der Waals surface area contributed by atoms with Gasteiger partial charge in [-0.05, 0) is 47.7 Å². The van der Waals surface area contributed by atoms with Crippen LogP contribution >= 0.6 is 11.3 Å². The van der Waals surface area contributed by atoms with E-state index in [9.17, 15) is 0 Å². The van der Waals surface area contributed by atoms with E-state index in [0.717, 1.165) is 18.7 Å². The smallest absolute Gasteiger partial charge is 0.119 e. The third-order valence-corrected chi connectivity index (χ3v) is 4.84. The number of aromatic nitrogens is 1. The number of nitrogens with zero attached hydrogens (tertiary/aromatic N) is 1.